The van der Waals surface area contributed by atoms with E-state index in [0.717, 1.165) is 18.6 Å². The third-order valence-electron chi connectivity index (χ3n) is 0.719. The van der Waals surface area contributed by atoms with Crippen LogP contribution in [0.5, 0.6) is 0 Å². The zero-order valence-electron chi connectivity index (χ0n) is 5.50. The van der Waals surface area contributed by atoms with Gasteiger partial charge in [0.15, 0.2) is 0 Å². The maximum atomic E-state index is 9.85. The zero-order chi connectivity index (χ0) is 6.41. The number of rotatable bonds is 4. The minimum Gasteiger partial charge on any atom is -0.772 e. The third-order valence-corrected chi connectivity index (χ3v) is 1.66. The summed E-state index contributed by atoms with van der Waals surface area (Å²) in [5.74, 6) is 1.05. The molecular formula is C4H9NaO2S2. The van der Waals surface area contributed by atoms with Crippen molar-refractivity contribution in [2.45, 2.75) is 12.8 Å². The molecule has 0 heterocycles. The largest absolute Gasteiger partial charge is 1.00 e. The first-order chi connectivity index (χ1) is 3.77. The fourth-order valence-electron chi connectivity index (χ4n) is 0.332. The van der Waals surface area contributed by atoms with E-state index in [9.17, 15) is 8.76 Å². The van der Waals surface area contributed by atoms with Gasteiger partial charge >= 0.3 is 29.6 Å². The van der Waals surface area contributed by atoms with Crippen LogP contribution < -0.4 is 29.6 Å². The molecule has 9 heavy (non-hydrogen) atoms. The van der Waals surface area contributed by atoms with Gasteiger partial charge in [-0.1, -0.05) is 11.1 Å². The summed E-state index contributed by atoms with van der Waals surface area (Å²) in [5, 5.41) is 0. The molecule has 0 N–H and O–H groups in total. The average Bonchev–Trinajstić information content (AvgIpc) is 1.66. The minimum atomic E-state index is -1.85. The summed E-state index contributed by atoms with van der Waals surface area (Å²) < 4.78 is 19.7. The van der Waals surface area contributed by atoms with Gasteiger partial charge in [0.2, 0.25) is 0 Å². The number of hydrogen-bond donors (Lipinski definition) is 1. The van der Waals surface area contributed by atoms with E-state index in [4.69, 9.17) is 0 Å². The van der Waals surface area contributed by atoms with Crippen LogP contribution in [0.3, 0.4) is 0 Å². The Morgan fingerprint density at radius 2 is 2.00 bits per heavy atom. The van der Waals surface area contributed by atoms with Gasteiger partial charge in [-0.15, -0.1) is 0 Å². The molecule has 2 nitrogen and oxygen atoms in total. The van der Waals surface area contributed by atoms with Gasteiger partial charge < -0.3 is 4.55 Å². The summed E-state index contributed by atoms with van der Waals surface area (Å²) in [6, 6.07) is 0. The summed E-state index contributed by atoms with van der Waals surface area (Å²) in [6.45, 7) is 0. The minimum absolute atomic E-state index is 0. The molecule has 0 bridgehead atoms. The zero-order valence-corrected chi connectivity index (χ0v) is 9.21. The van der Waals surface area contributed by atoms with Gasteiger partial charge in [-0.05, 0) is 18.6 Å². The molecule has 0 spiro atoms. The molecule has 0 aliphatic carbocycles. The number of unbranched alkanes of at least 4 members (excludes halogenated alkanes) is 1. The van der Waals surface area contributed by atoms with E-state index in [1.165, 1.54) is 0 Å². The van der Waals surface area contributed by atoms with Crippen molar-refractivity contribution < 1.29 is 38.3 Å². The second kappa shape index (κ2) is 9.46. The van der Waals surface area contributed by atoms with Gasteiger partial charge in [0.25, 0.3) is 0 Å². The van der Waals surface area contributed by atoms with Gasteiger partial charge in [-0.3, -0.25) is 4.21 Å². The summed E-state index contributed by atoms with van der Waals surface area (Å²) >= 11 is 2.07. The quantitative estimate of drug-likeness (QED) is 0.224. The van der Waals surface area contributed by atoms with E-state index >= 15 is 0 Å². The van der Waals surface area contributed by atoms with Crippen LogP contribution in [0.15, 0.2) is 0 Å². The standard InChI is InChI=1S/C4H10O2S2.Na/c5-8(6)4-2-1-3-7;/h7H,1-4H2,(H,5,6);/q;+1/p-1. The van der Waals surface area contributed by atoms with Crippen LogP contribution in [-0.2, 0) is 11.1 Å². The second-order valence-corrected chi connectivity index (χ2v) is 2.90. The molecule has 0 aliphatic heterocycles. The maximum absolute atomic E-state index is 9.85. The molecule has 0 amide bonds. The smallest absolute Gasteiger partial charge is 0.772 e. The molecule has 1 unspecified atom stereocenters. The molecule has 50 valence electrons. The summed E-state index contributed by atoms with van der Waals surface area (Å²) in [5.41, 5.74) is 0. The van der Waals surface area contributed by atoms with E-state index in [2.05, 4.69) is 12.6 Å². The Morgan fingerprint density at radius 1 is 1.44 bits per heavy atom. The van der Waals surface area contributed by atoms with Crippen LogP contribution in [0.2, 0.25) is 0 Å². The monoisotopic (exact) mass is 176 g/mol. The van der Waals surface area contributed by atoms with Crippen molar-refractivity contribution in [1.29, 1.82) is 0 Å². The first-order valence-corrected chi connectivity index (χ1v) is 4.31. The van der Waals surface area contributed by atoms with Gasteiger partial charge in [0.05, 0.1) is 0 Å². The van der Waals surface area contributed by atoms with Crippen molar-refractivity contribution in [3.8, 4) is 0 Å². The summed E-state index contributed by atoms with van der Waals surface area (Å²) in [4.78, 5) is 0. The predicted molar refractivity (Wildman–Crippen MR) is 36.9 cm³/mol. The van der Waals surface area contributed by atoms with Gasteiger partial charge in [-0.25, -0.2) is 0 Å². The fourth-order valence-corrected chi connectivity index (χ4v) is 0.995. The average molecular weight is 176 g/mol. The predicted octanol–water partition coefficient (Wildman–Crippen LogP) is -2.42. The van der Waals surface area contributed by atoms with Crippen molar-refractivity contribution in [2.24, 2.45) is 0 Å². The van der Waals surface area contributed by atoms with E-state index in [1.807, 2.05) is 0 Å². The first-order valence-electron chi connectivity index (χ1n) is 2.44. The molecule has 5 heteroatoms. The topological polar surface area (TPSA) is 40.1 Å². The molecule has 0 saturated heterocycles. The van der Waals surface area contributed by atoms with E-state index < -0.39 is 11.1 Å². The van der Waals surface area contributed by atoms with Gasteiger partial charge in [0.1, 0.15) is 0 Å². The van der Waals surface area contributed by atoms with Crippen molar-refractivity contribution in [1.82, 2.24) is 0 Å². The Kier molecular flexibility index (Phi) is 13.7. The van der Waals surface area contributed by atoms with Crippen LogP contribution in [0.1, 0.15) is 12.8 Å². The Morgan fingerprint density at radius 3 is 2.33 bits per heavy atom. The SMILES string of the molecule is O=S([O-])CCCCS.[Na+]. The molecule has 0 saturated carbocycles. The Labute approximate surface area is 85.8 Å². The number of thiol groups is 1. The molecule has 1 atom stereocenters. The van der Waals surface area contributed by atoms with E-state index in [-0.39, 0.29) is 35.3 Å². The molecule has 0 radical (unpaired) electrons. The Hall–Kier alpha value is 1.46. The van der Waals surface area contributed by atoms with Crippen molar-refractivity contribution in [2.75, 3.05) is 11.5 Å². The van der Waals surface area contributed by atoms with Gasteiger partial charge in [-0.2, -0.15) is 12.6 Å². The summed E-state index contributed by atoms with van der Waals surface area (Å²) in [6.07, 6.45) is 1.62. The summed E-state index contributed by atoms with van der Waals surface area (Å²) in [7, 11) is 0. The number of hydrogen-bond acceptors (Lipinski definition) is 3. The first kappa shape index (κ1) is 13.1. The van der Waals surface area contributed by atoms with Crippen LogP contribution in [-0.4, -0.2) is 20.3 Å². The van der Waals surface area contributed by atoms with Crippen molar-refractivity contribution in [3.63, 3.8) is 0 Å². The van der Waals surface area contributed by atoms with E-state index in [1.54, 1.807) is 0 Å². The Bertz CT molecular complexity index is 79.0. The molecular weight excluding hydrogens is 167 g/mol. The van der Waals surface area contributed by atoms with Crippen molar-refractivity contribution >= 4 is 23.7 Å². The third kappa shape index (κ3) is 12.6. The molecule has 0 rings (SSSR count). The van der Waals surface area contributed by atoms with Gasteiger partial charge in [0, 0.05) is 5.75 Å². The molecule has 0 aromatic carbocycles. The Balaban J connectivity index is 0. The molecule has 0 aliphatic rings. The van der Waals surface area contributed by atoms with E-state index in [0.29, 0.717) is 0 Å². The fraction of sp³-hybridized carbons (Fsp3) is 1.00. The van der Waals surface area contributed by atoms with Crippen LogP contribution >= 0.6 is 12.6 Å². The van der Waals surface area contributed by atoms with Crippen molar-refractivity contribution in [3.05, 3.63) is 0 Å². The maximum Gasteiger partial charge on any atom is 1.00 e. The van der Waals surface area contributed by atoms with Crippen LogP contribution in [0.25, 0.3) is 0 Å². The molecule has 0 fully saturated rings. The normalized spacial score (nSPS) is 12.2. The van der Waals surface area contributed by atoms with Crippen LogP contribution in [0.4, 0.5) is 0 Å². The molecule has 0 aromatic rings. The van der Waals surface area contributed by atoms with Crippen LogP contribution in [0, 0.1) is 0 Å². The molecule has 0 aromatic heterocycles. The second-order valence-electron chi connectivity index (χ2n) is 1.44.